The van der Waals surface area contributed by atoms with E-state index in [0.29, 0.717) is 0 Å². The van der Waals surface area contributed by atoms with E-state index in [1.807, 2.05) is 30.3 Å². The predicted molar refractivity (Wildman–Crippen MR) is 117 cm³/mol. The van der Waals surface area contributed by atoms with Crippen molar-refractivity contribution in [3.8, 4) is 17.1 Å². The third-order valence-corrected chi connectivity index (χ3v) is 5.78. The molecule has 4 aromatic rings. The minimum Gasteiger partial charge on any atom is -0.350 e. The van der Waals surface area contributed by atoms with Crippen LogP contribution in [-0.2, 0) is 11.2 Å². The standard InChI is InChI=1S/C23H19BrN4O/c1-14(29)25-19-10-7-16-13-17(8-9-18(16)19)28-22(15-5-3-2-4-6-15)26-20-11-12-21(24)27-23(20)28/h2-6,8-9,11-13,19H,7,10H2,1H3,(H,25,29). The molecule has 1 atom stereocenters. The minimum atomic E-state index is 0.00736. The summed E-state index contributed by atoms with van der Waals surface area (Å²) in [5, 5.41) is 3.05. The van der Waals surface area contributed by atoms with Crippen LogP contribution in [-0.4, -0.2) is 20.4 Å². The molecular weight excluding hydrogens is 428 g/mol. The smallest absolute Gasteiger partial charge is 0.217 e. The third-order valence-electron chi connectivity index (χ3n) is 5.34. The van der Waals surface area contributed by atoms with E-state index in [2.05, 4.69) is 56.1 Å². The number of imidazole rings is 1. The summed E-state index contributed by atoms with van der Waals surface area (Å²) < 4.78 is 2.89. The van der Waals surface area contributed by atoms with Crippen LogP contribution in [0.25, 0.3) is 28.2 Å². The van der Waals surface area contributed by atoms with E-state index >= 15 is 0 Å². The average molecular weight is 447 g/mol. The molecule has 2 aromatic heterocycles. The van der Waals surface area contributed by atoms with Crippen LogP contribution in [0.15, 0.2) is 65.3 Å². The molecule has 2 aromatic carbocycles. The Morgan fingerprint density at radius 3 is 2.72 bits per heavy atom. The van der Waals surface area contributed by atoms with Gasteiger partial charge in [0.15, 0.2) is 5.65 Å². The molecule has 1 aliphatic rings. The quantitative estimate of drug-likeness (QED) is 0.451. The maximum absolute atomic E-state index is 11.5. The molecule has 0 saturated heterocycles. The van der Waals surface area contributed by atoms with Crippen molar-refractivity contribution in [3.63, 3.8) is 0 Å². The number of aromatic nitrogens is 3. The molecule has 1 N–H and O–H groups in total. The second-order valence-corrected chi connectivity index (χ2v) is 8.10. The summed E-state index contributed by atoms with van der Waals surface area (Å²) in [7, 11) is 0. The fourth-order valence-corrected chi connectivity index (χ4v) is 4.40. The van der Waals surface area contributed by atoms with Gasteiger partial charge in [0.1, 0.15) is 15.9 Å². The lowest BCUT2D eigenvalue weighted by Crippen LogP contribution is -2.24. The summed E-state index contributed by atoms with van der Waals surface area (Å²) in [6, 6.07) is 20.6. The van der Waals surface area contributed by atoms with Gasteiger partial charge in [0.05, 0.1) is 6.04 Å². The Morgan fingerprint density at radius 2 is 1.93 bits per heavy atom. The van der Waals surface area contributed by atoms with Crippen LogP contribution < -0.4 is 5.32 Å². The van der Waals surface area contributed by atoms with Crippen LogP contribution in [0.2, 0.25) is 0 Å². The molecular formula is C23H19BrN4O. The van der Waals surface area contributed by atoms with Crippen LogP contribution in [0.5, 0.6) is 0 Å². The predicted octanol–water partition coefficient (Wildman–Crippen LogP) is 4.97. The van der Waals surface area contributed by atoms with Gasteiger partial charge in [-0.2, -0.15) is 0 Å². The number of nitrogens with zero attached hydrogens (tertiary/aromatic N) is 3. The van der Waals surface area contributed by atoms with Crippen molar-refractivity contribution in [1.82, 2.24) is 19.9 Å². The number of rotatable bonds is 3. The molecule has 0 bridgehead atoms. The van der Waals surface area contributed by atoms with Crippen LogP contribution in [0.1, 0.15) is 30.5 Å². The van der Waals surface area contributed by atoms with E-state index in [9.17, 15) is 4.79 Å². The summed E-state index contributed by atoms with van der Waals surface area (Å²) in [5.74, 6) is 0.871. The van der Waals surface area contributed by atoms with E-state index in [1.165, 1.54) is 11.1 Å². The highest BCUT2D eigenvalue weighted by Gasteiger charge is 2.24. The second-order valence-electron chi connectivity index (χ2n) is 7.29. The zero-order valence-corrected chi connectivity index (χ0v) is 17.5. The van der Waals surface area contributed by atoms with Crippen molar-refractivity contribution in [2.75, 3.05) is 0 Å². The zero-order valence-electron chi connectivity index (χ0n) is 15.9. The summed E-state index contributed by atoms with van der Waals surface area (Å²) in [6.07, 6.45) is 1.87. The number of hydrogen-bond donors (Lipinski definition) is 1. The third kappa shape index (κ3) is 3.23. The van der Waals surface area contributed by atoms with E-state index in [4.69, 9.17) is 9.97 Å². The summed E-state index contributed by atoms with van der Waals surface area (Å²) in [4.78, 5) is 21.1. The normalized spacial score (nSPS) is 15.4. The molecule has 144 valence electrons. The SMILES string of the molecule is CC(=O)NC1CCc2cc(-n3c(-c4ccccc4)nc4ccc(Br)nc43)ccc21. The van der Waals surface area contributed by atoms with Gasteiger partial charge in [0.2, 0.25) is 5.91 Å². The lowest BCUT2D eigenvalue weighted by Gasteiger charge is -2.14. The molecule has 1 unspecified atom stereocenters. The molecule has 1 aliphatic carbocycles. The maximum Gasteiger partial charge on any atom is 0.217 e. The average Bonchev–Trinajstić information content (AvgIpc) is 3.29. The van der Waals surface area contributed by atoms with Gasteiger partial charge < -0.3 is 5.32 Å². The fourth-order valence-electron chi connectivity index (χ4n) is 4.10. The van der Waals surface area contributed by atoms with Gasteiger partial charge in [0.25, 0.3) is 0 Å². The largest absolute Gasteiger partial charge is 0.350 e. The molecule has 1 amide bonds. The highest BCUT2D eigenvalue weighted by Crippen LogP contribution is 2.35. The first-order valence-electron chi connectivity index (χ1n) is 9.61. The number of aryl methyl sites for hydroxylation is 1. The highest BCUT2D eigenvalue weighted by molar-refractivity contribution is 9.10. The van der Waals surface area contributed by atoms with Gasteiger partial charge in [-0.25, -0.2) is 9.97 Å². The first-order valence-corrected chi connectivity index (χ1v) is 10.4. The molecule has 2 heterocycles. The zero-order chi connectivity index (χ0) is 20.0. The minimum absolute atomic E-state index is 0.00736. The Balaban J connectivity index is 1.69. The molecule has 0 radical (unpaired) electrons. The van der Waals surface area contributed by atoms with Gasteiger partial charge in [0, 0.05) is 18.2 Å². The van der Waals surface area contributed by atoms with E-state index in [0.717, 1.165) is 45.7 Å². The number of fused-ring (bicyclic) bond motifs is 2. The van der Waals surface area contributed by atoms with Crippen molar-refractivity contribution >= 4 is 33.0 Å². The number of hydrogen-bond acceptors (Lipinski definition) is 3. The Morgan fingerprint density at radius 1 is 1.10 bits per heavy atom. The van der Waals surface area contributed by atoms with E-state index in [-0.39, 0.29) is 11.9 Å². The lowest BCUT2D eigenvalue weighted by molar-refractivity contribution is -0.119. The van der Waals surface area contributed by atoms with Crippen LogP contribution in [0.4, 0.5) is 0 Å². The number of pyridine rings is 1. The number of nitrogens with one attached hydrogen (secondary N) is 1. The number of amides is 1. The van der Waals surface area contributed by atoms with Crippen molar-refractivity contribution in [1.29, 1.82) is 0 Å². The van der Waals surface area contributed by atoms with Gasteiger partial charge in [-0.15, -0.1) is 0 Å². The second kappa shape index (κ2) is 7.12. The highest BCUT2D eigenvalue weighted by atomic mass is 79.9. The first-order chi connectivity index (χ1) is 14.1. The number of halogens is 1. The molecule has 0 aliphatic heterocycles. The van der Waals surface area contributed by atoms with Crippen molar-refractivity contribution in [2.24, 2.45) is 0 Å². The van der Waals surface area contributed by atoms with Crippen molar-refractivity contribution in [2.45, 2.75) is 25.8 Å². The first kappa shape index (κ1) is 18.1. The Labute approximate surface area is 176 Å². The molecule has 29 heavy (non-hydrogen) atoms. The van der Waals surface area contributed by atoms with Gasteiger partial charge in [-0.3, -0.25) is 9.36 Å². The molecule has 5 rings (SSSR count). The number of benzene rings is 2. The molecule has 0 saturated carbocycles. The van der Waals surface area contributed by atoms with Crippen molar-refractivity contribution in [3.05, 3.63) is 76.4 Å². The van der Waals surface area contributed by atoms with Gasteiger partial charge in [-0.1, -0.05) is 36.4 Å². The van der Waals surface area contributed by atoms with Crippen LogP contribution in [0.3, 0.4) is 0 Å². The number of carbonyl (C=O) groups excluding carboxylic acids is 1. The Kier molecular flexibility index (Phi) is 4.43. The molecule has 0 fully saturated rings. The number of carbonyl (C=O) groups is 1. The topological polar surface area (TPSA) is 59.8 Å². The fraction of sp³-hybridized carbons (Fsp3) is 0.174. The molecule has 0 spiro atoms. The summed E-state index contributed by atoms with van der Waals surface area (Å²) in [6.45, 7) is 1.57. The maximum atomic E-state index is 11.5. The monoisotopic (exact) mass is 446 g/mol. The summed E-state index contributed by atoms with van der Waals surface area (Å²) >= 11 is 3.49. The van der Waals surface area contributed by atoms with Gasteiger partial charge in [-0.05, 0) is 64.2 Å². The van der Waals surface area contributed by atoms with Gasteiger partial charge >= 0.3 is 0 Å². The molecule has 6 heteroatoms. The van der Waals surface area contributed by atoms with Crippen LogP contribution in [0, 0.1) is 0 Å². The molecule has 5 nitrogen and oxygen atoms in total. The van der Waals surface area contributed by atoms with E-state index < -0.39 is 0 Å². The van der Waals surface area contributed by atoms with Crippen molar-refractivity contribution < 1.29 is 4.79 Å². The summed E-state index contributed by atoms with van der Waals surface area (Å²) in [5.41, 5.74) is 6.19. The Bertz CT molecular complexity index is 1230. The van der Waals surface area contributed by atoms with Crippen LogP contribution >= 0.6 is 15.9 Å². The van der Waals surface area contributed by atoms with E-state index in [1.54, 1.807) is 6.92 Å². The Hall–Kier alpha value is -2.99. The lowest BCUT2D eigenvalue weighted by atomic mass is 10.1.